The average molecular weight is 350 g/mol. The van der Waals surface area contributed by atoms with Gasteiger partial charge in [-0.15, -0.1) is 0 Å². The van der Waals surface area contributed by atoms with Gasteiger partial charge in [0.05, 0.1) is 17.8 Å². The number of carboxylic acid groups (broad SMARTS) is 1. The molecule has 1 saturated carbocycles. The minimum atomic E-state index is -4.46. The Hall–Kier alpha value is -1.80. The number of piperidine rings is 1. The summed E-state index contributed by atoms with van der Waals surface area (Å²) >= 11 is 0. The first-order chi connectivity index (χ1) is 11.1. The van der Waals surface area contributed by atoms with Crippen molar-refractivity contribution < 1.29 is 32.7 Å². The number of carbonyl (C=O) groups is 3. The molecule has 1 N–H and O–H groups in total. The first kappa shape index (κ1) is 18.5. The molecule has 9 heteroatoms. The molecule has 0 spiro atoms. The number of aliphatic carboxylic acids is 1. The van der Waals surface area contributed by atoms with E-state index in [4.69, 9.17) is 5.11 Å². The van der Waals surface area contributed by atoms with E-state index in [0.717, 1.165) is 4.90 Å². The first-order valence-corrected chi connectivity index (χ1v) is 8.01. The molecule has 136 valence electrons. The van der Waals surface area contributed by atoms with E-state index in [9.17, 15) is 27.6 Å². The molecule has 0 radical (unpaired) electrons. The number of amides is 2. The second-order valence-electron chi connectivity index (χ2n) is 6.38. The Morgan fingerprint density at radius 2 is 1.92 bits per heavy atom. The lowest BCUT2D eigenvalue weighted by Gasteiger charge is -2.35. The van der Waals surface area contributed by atoms with Crippen LogP contribution in [-0.4, -0.2) is 65.0 Å². The van der Waals surface area contributed by atoms with Gasteiger partial charge >= 0.3 is 12.1 Å². The fourth-order valence-corrected chi connectivity index (χ4v) is 3.17. The Morgan fingerprint density at radius 3 is 2.42 bits per heavy atom. The van der Waals surface area contributed by atoms with Crippen LogP contribution in [-0.2, 0) is 14.4 Å². The van der Waals surface area contributed by atoms with Crippen molar-refractivity contribution in [3.63, 3.8) is 0 Å². The number of halogens is 3. The lowest BCUT2D eigenvalue weighted by atomic mass is 9.96. The zero-order valence-electron chi connectivity index (χ0n) is 13.4. The maximum Gasteiger partial charge on any atom is 0.406 e. The van der Waals surface area contributed by atoms with Crippen LogP contribution in [0.25, 0.3) is 0 Å². The van der Waals surface area contributed by atoms with Crippen LogP contribution in [0.15, 0.2) is 0 Å². The third-order valence-corrected chi connectivity index (χ3v) is 4.57. The third-order valence-electron chi connectivity index (χ3n) is 4.57. The van der Waals surface area contributed by atoms with Crippen LogP contribution in [0, 0.1) is 17.8 Å². The molecule has 1 aliphatic heterocycles. The molecule has 0 aromatic heterocycles. The smallest absolute Gasteiger partial charge is 0.406 e. The van der Waals surface area contributed by atoms with E-state index in [2.05, 4.69) is 0 Å². The van der Waals surface area contributed by atoms with Crippen LogP contribution in [0.1, 0.15) is 26.2 Å². The van der Waals surface area contributed by atoms with E-state index in [1.807, 2.05) is 0 Å². The molecule has 3 atom stereocenters. The number of rotatable bonds is 5. The molecule has 1 aliphatic carbocycles. The molecule has 1 heterocycles. The molecule has 1 saturated heterocycles. The van der Waals surface area contributed by atoms with E-state index in [1.54, 1.807) is 0 Å². The molecular weight excluding hydrogens is 329 g/mol. The standard InChI is InChI=1S/C15H21F3N2O4/c1-2-19(8-15(16,17)18)12(21)9-4-3-5-20(7-9)13(22)10-6-11(10)14(23)24/h9-11H,2-8H2,1H3,(H,23,24). The summed E-state index contributed by atoms with van der Waals surface area (Å²) in [7, 11) is 0. The predicted molar refractivity (Wildman–Crippen MR) is 76.8 cm³/mol. The quantitative estimate of drug-likeness (QED) is 0.812. The average Bonchev–Trinajstić information content (AvgIpc) is 3.31. The van der Waals surface area contributed by atoms with Gasteiger partial charge in [0.2, 0.25) is 11.8 Å². The molecule has 3 unspecified atom stereocenters. The van der Waals surface area contributed by atoms with Gasteiger partial charge in [-0.3, -0.25) is 14.4 Å². The molecule has 0 aromatic rings. The van der Waals surface area contributed by atoms with Gasteiger partial charge < -0.3 is 14.9 Å². The van der Waals surface area contributed by atoms with E-state index < -0.39 is 42.4 Å². The van der Waals surface area contributed by atoms with Crippen molar-refractivity contribution in [2.24, 2.45) is 17.8 Å². The second-order valence-corrected chi connectivity index (χ2v) is 6.38. The molecule has 2 fully saturated rings. The molecule has 6 nitrogen and oxygen atoms in total. The summed E-state index contributed by atoms with van der Waals surface area (Å²) in [5.74, 6) is -3.82. The zero-order valence-corrected chi connectivity index (χ0v) is 13.4. The van der Waals surface area contributed by atoms with Crippen molar-refractivity contribution in [1.29, 1.82) is 0 Å². The molecule has 0 bridgehead atoms. The van der Waals surface area contributed by atoms with Gasteiger partial charge in [-0.2, -0.15) is 13.2 Å². The summed E-state index contributed by atoms with van der Waals surface area (Å²) in [5, 5.41) is 8.89. The highest BCUT2D eigenvalue weighted by molar-refractivity contribution is 5.90. The van der Waals surface area contributed by atoms with Crippen LogP contribution < -0.4 is 0 Å². The van der Waals surface area contributed by atoms with Crippen LogP contribution >= 0.6 is 0 Å². The van der Waals surface area contributed by atoms with Crippen molar-refractivity contribution in [1.82, 2.24) is 9.80 Å². The van der Waals surface area contributed by atoms with Crippen molar-refractivity contribution >= 4 is 17.8 Å². The van der Waals surface area contributed by atoms with E-state index in [1.165, 1.54) is 11.8 Å². The minimum absolute atomic E-state index is 0.0491. The van der Waals surface area contributed by atoms with Gasteiger partial charge in [-0.1, -0.05) is 0 Å². The largest absolute Gasteiger partial charge is 0.481 e. The summed E-state index contributed by atoms with van der Waals surface area (Å²) in [6.07, 6.45) is -3.21. The van der Waals surface area contributed by atoms with Gasteiger partial charge in [0, 0.05) is 19.6 Å². The molecule has 2 amide bonds. The summed E-state index contributed by atoms with van der Waals surface area (Å²) < 4.78 is 37.6. The van der Waals surface area contributed by atoms with Gasteiger partial charge in [0.25, 0.3) is 0 Å². The number of carbonyl (C=O) groups excluding carboxylic acids is 2. The van der Waals surface area contributed by atoms with E-state index >= 15 is 0 Å². The summed E-state index contributed by atoms with van der Waals surface area (Å²) in [5.41, 5.74) is 0. The third kappa shape index (κ3) is 4.39. The van der Waals surface area contributed by atoms with Crippen LogP contribution in [0.3, 0.4) is 0 Å². The van der Waals surface area contributed by atoms with Gasteiger partial charge in [0.1, 0.15) is 6.54 Å². The van der Waals surface area contributed by atoms with Crippen molar-refractivity contribution in [3.8, 4) is 0 Å². The Kier molecular flexibility index (Phi) is 5.39. The number of hydrogen-bond acceptors (Lipinski definition) is 3. The Morgan fingerprint density at radius 1 is 1.25 bits per heavy atom. The number of hydrogen-bond donors (Lipinski definition) is 1. The Balaban J connectivity index is 1.96. The highest BCUT2D eigenvalue weighted by Crippen LogP contribution is 2.40. The lowest BCUT2D eigenvalue weighted by Crippen LogP contribution is -2.49. The maximum atomic E-state index is 12.5. The van der Waals surface area contributed by atoms with Crippen LogP contribution in [0.4, 0.5) is 13.2 Å². The van der Waals surface area contributed by atoms with Gasteiger partial charge in [-0.25, -0.2) is 0 Å². The van der Waals surface area contributed by atoms with Crippen LogP contribution in [0.5, 0.6) is 0 Å². The van der Waals surface area contributed by atoms with E-state index in [-0.39, 0.29) is 19.0 Å². The number of nitrogens with zero attached hydrogens (tertiary/aromatic N) is 2. The fraction of sp³-hybridized carbons (Fsp3) is 0.800. The first-order valence-electron chi connectivity index (χ1n) is 8.01. The number of alkyl halides is 3. The Bertz CT molecular complexity index is 523. The minimum Gasteiger partial charge on any atom is -0.481 e. The summed E-state index contributed by atoms with van der Waals surface area (Å²) in [4.78, 5) is 37.6. The highest BCUT2D eigenvalue weighted by Gasteiger charge is 2.50. The topological polar surface area (TPSA) is 77.9 Å². The molecule has 2 rings (SSSR count). The molecule has 2 aliphatic rings. The highest BCUT2D eigenvalue weighted by atomic mass is 19.4. The fourth-order valence-electron chi connectivity index (χ4n) is 3.17. The summed E-state index contributed by atoms with van der Waals surface area (Å²) in [6.45, 7) is 0.617. The van der Waals surface area contributed by atoms with Crippen molar-refractivity contribution in [2.75, 3.05) is 26.2 Å². The molecular formula is C15H21F3N2O4. The van der Waals surface area contributed by atoms with Gasteiger partial charge in [0.15, 0.2) is 0 Å². The maximum absolute atomic E-state index is 12.5. The normalized spacial score (nSPS) is 26.8. The van der Waals surface area contributed by atoms with Gasteiger partial charge in [-0.05, 0) is 26.2 Å². The molecule has 0 aromatic carbocycles. The number of likely N-dealkylation sites (tertiary alicyclic amines) is 1. The number of carboxylic acids is 1. The SMILES string of the molecule is CCN(CC(F)(F)F)C(=O)C1CCCN(C(=O)C2CC2C(=O)O)C1. The zero-order chi connectivity index (χ0) is 18.1. The molecule has 24 heavy (non-hydrogen) atoms. The second kappa shape index (κ2) is 6.98. The van der Waals surface area contributed by atoms with Crippen molar-refractivity contribution in [2.45, 2.75) is 32.4 Å². The predicted octanol–water partition coefficient (Wildman–Crippen LogP) is 1.36. The monoisotopic (exact) mass is 350 g/mol. The van der Waals surface area contributed by atoms with Crippen molar-refractivity contribution in [3.05, 3.63) is 0 Å². The lowest BCUT2D eigenvalue weighted by molar-refractivity contribution is -0.165. The Labute approximate surface area is 137 Å². The van der Waals surface area contributed by atoms with E-state index in [0.29, 0.717) is 25.8 Å². The summed E-state index contributed by atoms with van der Waals surface area (Å²) in [6, 6.07) is 0. The van der Waals surface area contributed by atoms with Crippen LogP contribution in [0.2, 0.25) is 0 Å².